The Hall–Kier alpha value is -3.19. The second-order valence-electron chi connectivity index (χ2n) is 7.27. The average molecular weight is 434 g/mol. The minimum Gasteiger partial charge on any atom is -0.324 e. The van der Waals surface area contributed by atoms with Gasteiger partial charge in [0, 0.05) is 35.7 Å². The van der Waals surface area contributed by atoms with E-state index < -0.39 is 6.04 Å². The molecule has 0 saturated heterocycles. The molecule has 1 unspecified atom stereocenters. The van der Waals surface area contributed by atoms with Crippen LogP contribution < -0.4 is 16.0 Å². The van der Waals surface area contributed by atoms with Gasteiger partial charge < -0.3 is 16.0 Å². The van der Waals surface area contributed by atoms with Gasteiger partial charge in [-0.3, -0.25) is 9.89 Å². The number of halogens is 1. The van der Waals surface area contributed by atoms with Gasteiger partial charge in [-0.05, 0) is 41.5 Å². The van der Waals surface area contributed by atoms with Crippen molar-refractivity contribution in [2.75, 3.05) is 18.4 Å². The molecule has 0 radical (unpaired) electrons. The summed E-state index contributed by atoms with van der Waals surface area (Å²) in [4.78, 5) is 13.1. The van der Waals surface area contributed by atoms with E-state index in [4.69, 9.17) is 11.6 Å². The number of nitrogens with one attached hydrogen (secondary N) is 4. The maximum Gasteiger partial charge on any atom is 0.246 e. The van der Waals surface area contributed by atoms with Gasteiger partial charge in [-0.25, -0.2) is 0 Å². The standard InChI is InChI=1S/C24H24ClN5O/c25-20-8-4-7-18(13-20)23(27-12-11-26-15-17-5-2-1-3-6-17)24(31)29-21-9-10-22-19(14-21)16-28-30-22/h1-10,13-14,16,23,26-27H,11-12,15H2,(H,28,30)(H,29,31). The van der Waals surface area contributed by atoms with E-state index >= 15 is 0 Å². The van der Waals surface area contributed by atoms with Crippen LogP contribution in [0.2, 0.25) is 5.02 Å². The Labute approximate surface area is 186 Å². The van der Waals surface area contributed by atoms with Gasteiger partial charge in [-0.2, -0.15) is 5.10 Å². The highest BCUT2D eigenvalue weighted by molar-refractivity contribution is 6.30. The molecule has 158 valence electrons. The summed E-state index contributed by atoms with van der Waals surface area (Å²) >= 11 is 6.18. The molecule has 4 aromatic rings. The SMILES string of the molecule is O=C(Nc1ccc2[nH]ncc2c1)C(NCCNCc1ccccc1)c1cccc(Cl)c1. The molecule has 0 spiro atoms. The van der Waals surface area contributed by atoms with E-state index in [1.807, 2.05) is 54.6 Å². The van der Waals surface area contributed by atoms with Crippen LogP contribution in [0.15, 0.2) is 79.0 Å². The molecule has 0 aliphatic rings. The lowest BCUT2D eigenvalue weighted by Gasteiger charge is -2.19. The summed E-state index contributed by atoms with van der Waals surface area (Å²) < 4.78 is 0. The molecule has 31 heavy (non-hydrogen) atoms. The maximum atomic E-state index is 13.1. The van der Waals surface area contributed by atoms with E-state index in [0.29, 0.717) is 11.6 Å². The molecule has 0 aliphatic heterocycles. The monoisotopic (exact) mass is 433 g/mol. The van der Waals surface area contributed by atoms with Crippen LogP contribution in [-0.2, 0) is 11.3 Å². The Balaban J connectivity index is 1.40. The fourth-order valence-corrected chi connectivity index (χ4v) is 3.62. The number of amides is 1. The molecule has 7 heteroatoms. The van der Waals surface area contributed by atoms with E-state index in [-0.39, 0.29) is 5.91 Å². The molecule has 1 heterocycles. The number of benzene rings is 3. The number of aromatic amines is 1. The van der Waals surface area contributed by atoms with Crippen molar-refractivity contribution < 1.29 is 4.79 Å². The molecule has 3 aromatic carbocycles. The summed E-state index contributed by atoms with van der Waals surface area (Å²) in [5.41, 5.74) is 3.68. The minimum atomic E-state index is -0.530. The number of fused-ring (bicyclic) bond motifs is 1. The molecule has 0 saturated carbocycles. The summed E-state index contributed by atoms with van der Waals surface area (Å²) in [7, 11) is 0. The summed E-state index contributed by atoms with van der Waals surface area (Å²) in [6, 6.07) is 22.7. The molecular weight excluding hydrogens is 410 g/mol. The van der Waals surface area contributed by atoms with Gasteiger partial charge >= 0.3 is 0 Å². The van der Waals surface area contributed by atoms with Crippen molar-refractivity contribution in [3.8, 4) is 0 Å². The van der Waals surface area contributed by atoms with Crippen LogP contribution in [-0.4, -0.2) is 29.2 Å². The number of nitrogens with zero attached hydrogens (tertiary/aromatic N) is 1. The highest BCUT2D eigenvalue weighted by atomic mass is 35.5. The van der Waals surface area contributed by atoms with Crippen LogP contribution in [0.3, 0.4) is 0 Å². The van der Waals surface area contributed by atoms with Crippen LogP contribution in [0.5, 0.6) is 0 Å². The van der Waals surface area contributed by atoms with Crippen molar-refractivity contribution in [3.05, 3.63) is 95.1 Å². The molecule has 1 atom stereocenters. The Kier molecular flexibility index (Phi) is 6.94. The van der Waals surface area contributed by atoms with Crippen LogP contribution in [0.4, 0.5) is 5.69 Å². The van der Waals surface area contributed by atoms with Crippen LogP contribution >= 0.6 is 11.6 Å². The van der Waals surface area contributed by atoms with Crippen LogP contribution in [0, 0.1) is 0 Å². The second-order valence-corrected chi connectivity index (χ2v) is 7.70. The number of H-pyrrole nitrogens is 1. The van der Waals surface area contributed by atoms with Gasteiger partial charge in [0.15, 0.2) is 0 Å². The number of anilines is 1. The van der Waals surface area contributed by atoms with Crippen molar-refractivity contribution >= 4 is 34.1 Å². The van der Waals surface area contributed by atoms with Gasteiger partial charge in [0.2, 0.25) is 5.91 Å². The van der Waals surface area contributed by atoms with Gasteiger partial charge in [0.25, 0.3) is 0 Å². The lowest BCUT2D eigenvalue weighted by molar-refractivity contribution is -0.118. The molecule has 4 N–H and O–H groups in total. The molecule has 0 aliphatic carbocycles. The smallest absolute Gasteiger partial charge is 0.246 e. The number of aromatic nitrogens is 2. The van der Waals surface area contributed by atoms with Gasteiger partial charge in [-0.15, -0.1) is 0 Å². The van der Waals surface area contributed by atoms with E-state index in [9.17, 15) is 4.79 Å². The molecule has 0 fully saturated rings. The fraction of sp³-hybridized carbons (Fsp3) is 0.167. The Morgan fingerprint density at radius 2 is 1.87 bits per heavy atom. The van der Waals surface area contributed by atoms with Gasteiger partial charge in [0.1, 0.15) is 6.04 Å². The quantitative estimate of drug-likeness (QED) is 0.297. The minimum absolute atomic E-state index is 0.145. The number of carbonyl (C=O) groups excluding carboxylic acids is 1. The molecule has 1 aromatic heterocycles. The third-order valence-corrected chi connectivity index (χ3v) is 5.21. The lowest BCUT2D eigenvalue weighted by atomic mass is 10.1. The van der Waals surface area contributed by atoms with E-state index in [1.165, 1.54) is 5.56 Å². The zero-order valence-electron chi connectivity index (χ0n) is 16.9. The Morgan fingerprint density at radius 1 is 1.00 bits per heavy atom. The van der Waals surface area contributed by atoms with Crippen molar-refractivity contribution in [3.63, 3.8) is 0 Å². The number of hydrogen-bond acceptors (Lipinski definition) is 4. The van der Waals surface area contributed by atoms with E-state index in [1.54, 1.807) is 12.3 Å². The normalized spacial score (nSPS) is 12.0. The molecule has 0 bridgehead atoms. The predicted molar refractivity (Wildman–Crippen MR) is 125 cm³/mol. The average Bonchev–Trinajstić information content (AvgIpc) is 3.25. The van der Waals surface area contributed by atoms with E-state index in [2.05, 4.69) is 38.3 Å². The molecule has 4 rings (SSSR count). The first-order valence-electron chi connectivity index (χ1n) is 10.2. The number of carbonyl (C=O) groups is 1. The first-order chi connectivity index (χ1) is 15.2. The van der Waals surface area contributed by atoms with Crippen molar-refractivity contribution in [2.45, 2.75) is 12.6 Å². The topological polar surface area (TPSA) is 81.8 Å². The lowest BCUT2D eigenvalue weighted by Crippen LogP contribution is -2.37. The predicted octanol–water partition coefficient (Wildman–Crippen LogP) is 4.28. The van der Waals surface area contributed by atoms with Crippen molar-refractivity contribution in [2.24, 2.45) is 0 Å². The van der Waals surface area contributed by atoms with Crippen molar-refractivity contribution in [1.82, 2.24) is 20.8 Å². The molecule has 1 amide bonds. The maximum absolute atomic E-state index is 13.1. The number of hydrogen-bond donors (Lipinski definition) is 4. The highest BCUT2D eigenvalue weighted by Crippen LogP contribution is 2.21. The van der Waals surface area contributed by atoms with Gasteiger partial charge in [-0.1, -0.05) is 54.1 Å². The zero-order valence-corrected chi connectivity index (χ0v) is 17.7. The Morgan fingerprint density at radius 3 is 2.71 bits per heavy atom. The van der Waals surface area contributed by atoms with Crippen LogP contribution in [0.25, 0.3) is 10.9 Å². The highest BCUT2D eigenvalue weighted by Gasteiger charge is 2.20. The molecular formula is C24H24ClN5O. The fourth-order valence-electron chi connectivity index (χ4n) is 3.42. The summed E-state index contributed by atoms with van der Waals surface area (Å²) in [6.07, 6.45) is 1.73. The summed E-state index contributed by atoms with van der Waals surface area (Å²) in [5.74, 6) is -0.145. The second kappa shape index (κ2) is 10.2. The largest absolute Gasteiger partial charge is 0.324 e. The third-order valence-electron chi connectivity index (χ3n) is 4.97. The number of rotatable bonds is 9. The third kappa shape index (κ3) is 5.70. The first kappa shape index (κ1) is 21.1. The van der Waals surface area contributed by atoms with E-state index in [0.717, 1.165) is 35.2 Å². The molecule has 6 nitrogen and oxygen atoms in total. The van der Waals surface area contributed by atoms with Crippen LogP contribution in [0.1, 0.15) is 17.2 Å². The zero-order chi connectivity index (χ0) is 21.5. The Bertz CT molecular complexity index is 1140. The summed E-state index contributed by atoms with van der Waals surface area (Å²) in [6.45, 7) is 2.12. The van der Waals surface area contributed by atoms with Crippen molar-refractivity contribution in [1.29, 1.82) is 0 Å². The van der Waals surface area contributed by atoms with Gasteiger partial charge in [0.05, 0.1) is 11.7 Å². The first-order valence-corrected chi connectivity index (χ1v) is 10.5. The summed E-state index contributed by atoms with van der Waals surface area (Å²) in [5, 5.41) is 18.2.